The number of rotatable bonds is 1. The summed E-state index contributed by atoms with van der Waals surface area (Å²) in [5.74, 6) is -0.306. The molecule has 1 aromatic rings. The molecule has 88 valence electrons. The Bertz CT molecular complexity index is 364. The predicted octanol–water partition coefficient (Wildman–Crippen LogP) is 2.92. The van der Waals surface area contributed by atoms with Gasteiger partial charge < -0.3 is 10.1 Å². The van der Waals surface area contributed by atoms with Crippen LogP contribution in [-0.4, -0.2) is 18.7 Å². The minimum absolute atomic E-state index is 0.0613. The zero-order valence-corrected chi connectivity index (χ0v) is 10.1. The number of nitrogens with one attached hydrogen (secondary N) is 1. The van der Waals surface area contributed by atoms with Gasteiger partial charge in [-0.2, -0.15) is 0 Å². The highest BCUT2D eigenvalue weighted by Gasteiger charge is 2.30. The normalized spacial score (nSPS) is 24.4. The zero-order valence-electron chi connectivity index (χ0n) is 9.39. The molecule has 1 aromatic carbocycles. The summed E-state index contributed by atoms with van der Waals surface area (Å²) in [6.07, 6.45) is -0.304. The molecule has 0 saturated carbocycles. The first-order chi connectivity index (χ1) is 7.49. The maximum absolute atomic E-state index is 13.6. The molecule has 2 nitrogen and oxygen atoms in total. The Morgan fingerprint density at radius 3 is 2.81 bits per heavy atom. The molecule has 1 heterocycles. The van der Waals surface area contributed by atoms with Crippen molar-refractivity contribution in [1.29, 1.82) is 0 Å². The molecule has 2 rings (SSSR count). The molecule has 16 heavy (non-hydrogen) atoms. The van der Waals surface area contributed by atoms with E-state index in [4.69, 9.17) is 16.3 Å². The molecule has 4 heteroatoms. The summed E-state index contributed by atoms with van der Waals surface area (Å²) in [5.41, 5.74) is 0.390. The SMILES string of the molecule is CC1(C)COC(c2c(F)cccc2Cl)CN1. The average molecular weight is 244 g/mol. The standard InChI is InChI=1S/C12H15ClFNO/c1-12(2)7-16-10(6-15-12)11-8(13)4-3-5-9(11)14/h3-5,10,15H,6-7H2,1-2H3. The first-order valence-corrected chi connectivity index (χ1v) is 5.68. The number of ether oxygens (including phenoxy) is 1. The Morgan fingerprint density at radius 1 is 1.50 bits per heavy atom. The van der Waals surface area contributed by atoms with Crippen molar-refractivity contribution < 1.29 is 9.13 Å². The van der Waals surface area contributed by atoms with E-state index in [2.05, 4.69) is 5.32 Å². The summed E-state index contributed by atoms with van der Waals surface area (Å²) < 4.78 is 19.3. The van der Waals surface area contributed by atoms with Gasteiger partial charge in [0, 0.05) is 22.7 Å². The molecule has 1 N–H and O–H groups in total. The van der Waals surface area contributed by atoms with E-state index in [0.29, 0.717) is 23.7 Å². The smallest absolute Gasteiger partial charge is 0.130 e. The first-order valence-electron chi connectivity index (χ1n) is 5.30. The number of benzene rings is 1. The van der Waals surface area contributed by atoms with Crippen LogP contribution in [0, 0.1) is 5.82 Å². The molecule has 1 fully saturated rings. The molecule has 1 aliphatic heterocycles. The maximum atomic E-state index is 13.6. The van der Waals surface area contributed by atoms with E-state index < -0.39 is 0 Å². The van der Waals surface area contributed by atoms with Crippen molar-refractivity contribution in [1.82, 2.24) is 5.32 Å². The monoisotopic (exact) mass is 243 g/mol. The lowest BCUT2D eigenvalue weighted by Crippen LogP contribution is -2.50. The molecular formula is C12H15ClFNO. The number of hydrogen-bond acceptors (Lipinski definition) is 2. The lowest BCUT2D eigenvalue weighted by molar-refractivity contribution is -0.0244. The molecule has 0 spiro atoms. The second-order valence-corrected chi connectivity index (χ2v) is 5.11. The molecule has 1 aliphatic rings. The van der Waals surface area contributed by atoms with Crippen molar-refractivity contribution in [3.05, 3.63) is 34.6 Å². The largest absolute Gasteiger partial charge is 0.370 e. The Labute approximate surface area is 99.7 Å². The van der Waals surface area contributed by atoms with Gasteiger partial charge in [-0.05, 0) is 26.0 Å². The van der Waals surface area contributed by atoms with Crippen molar-refractivity contribution in [2.45, 2.75) is 25.5 Å². The van der Waals surface area contributed by atoms with Crippen molar-refractivity contribution in [2.24, 2.45) is 0 Å². The zero-order chi connectivity index (χ0) is 11.8. The minimum Gasteiger partial charge on any atom is -0.370 e. The van der Waals surface area contributed by atoms with Crippen LogP contribution in [0.2, 0.25) is 5.02 Å². The Morgan fingerprint density at radius 2 is 2.25 bits per heavy atom. The molecule has 0 radical (unpaired) electrons. The minimum atomic E-state index is -0.306. The van der Waals surface area contributed by atoms with Crippen LogP contribution in [0.25, 0.3) is 0 Å². The molecule has 0 aromatic heterocycles. The summed E-state index contributed by atoms with van der Waals surface area (Å²) in [6.45, 7) is 5.22. The van der Waals surface area contributed by atoms with Crippen LogP contribution in [-0.2, 0) is 4.74 Å². The fraction of sp³-hybridized carbons (Fsp3) is 0.500. The van der Waals surface area contributed by atoms with Crippen molar-refractivity contribution in [3.63, 3.8) is 0 Å². The van der Waals surface area contributed by atoms with Crippen LogP contribution in [0.15, 0.2) is 18.2 Å². The lowest BCUT2D eigenvalue weighted by atomic mass is 10.0. The summed E-state index contributed by atoms with van der Waals surface area (Å²) >= 11 is 5.99. The topological polar surface area (TPSA) is 21.3 Å². The van der Waals surface area contributed by atoms with Crippen LogP contribution in [0.3, 0.4) is 0 Å². The summed E-state index contributed by atoms with van der Waals surface area (Å²) in [6, 6.07) is 4.69. The van der Waals surface area contributed by atoms with Gasteiger partial charge in [0.2, 0.25) is 0 Å². The third-order valence-electron chi connectivity index (χ3n) is 2.73. The van der Waals surface area contributed by atoms with E-state index in [1.165, 1.54) is 6.07 Å². The van der Waals surface area contributed by atoms with Crippen LogP contribution in [0.1, 0.15) is 25.5 Å². The van der Waals surface area contributed by atoms with E-state index in [0.717, 1.165) is 0 Å². The molecule has 0 amide bonds. The van der Waals surface area contributed by atoms with Gasteiger partial charge in [-0.25, -0.2) is 4.39 Å². The summed E-state index contributed by atoms with van der Waals surface area (Å²) in [4.78, 5) is 0. The molecule has 0 aliphatic carbocycles. The fourth-order valence-electron chi connectivity index (χ4n) is 1.79. The van der Waals surface area contributed by atoms with E-state index in [1.807, 2.05) is 13.8 Å². The summed E-state index contributed by atoms with van der Waals surface area (Å²) in [7, 11) is 0. The van der Waals surface area contributed by atoms with Gasteiger partial charge in [-0.1, -0.05) is 17.7 Å². The Kier molecular flexibility index (Phi) is 3.19. The number of halogens is 2. The van der Waals surface area contributed by atoms with Crippen molar-refractivity contribution in [3.8, 4) is 0 Å². The quantitative estimate of drug-likeness (QED) is 0.819. The van der Waals surface area contributed by atoms with Gasteiger partial charge >= 0.3 is 0 Å². The van der Waals surface area contributed by atoms with E-state index in [-0.39, 0.29) is 17.5 Å². The third-order valence-corrected chi connectivity index (χ3v) is 3.06. The van der Waals surface area contributed by atoms with E-state index in [1.54, 1.807) is 12.1 Å². The van der Waals surface area contributed by atoms with Crippen LogP contribution in [0.4, 0.5) is 4.39 Å². The van der Waals surface area contributed by atoms with Crippen molar-refractivity contribution in [2.75, 3.05) is 13.2 Å². The fourth-order valence-corrected chi connectivity index (χ4v) is 2.08. The van der Waals surface area contributed by atoms with Gasteiger partial charge in [0.15, 0.2) is 0 Å². The summed E-state index contributed by atoms with van der Waals surface area (Å²) in [5, 5.41) is 3.73. The van der Waals surface area contributed by atoms with Gasteiger partial charge in [0.25, 0.3) is 0 Å². The second-order valence-electron chi connectivity index (χ2n) is 4.70. The molecule has 1 unspecified atom stereocenters. The van der Waals surface area contributed by atoms with Gasteiger partial charge in [0.05, 0.1) is 12.7 Å². The molecule has 1 saturated heterocycles. The number of morpholine rings is 1. The lowest BCUT2D eigenvalue weighted by Gasteiger charge is -2.36. The number of hydrogen-bond donors (Lipinski definition) is 1. The van der Waals surface area contributed by atoms with Crippen LogP contribution < -0.4 is 5.32 Å². The van der Waals surface area contributed by atoms with E-state index >= 15 is 0 Å². The Hall–Kier alpha value is -0.640. The van der Waals surface area contributed by atoms with Crippen LogP contribution >= 0.6 is 11.6 Å². The first kappa shape index (κ1) is 11.8. The van der Waals surface area contributed by atoms with Crippen molar-refractivity contribution >= 4 is 11.6 Å². The van der Waals surface area contributed by atoms with Gasteiger partial charge in [-0.3, -0.25) is 0 Å². The highest BCUT2D eigenvalue weighted by atomic mass is 35.5. The highest BCUT2D eigenvalue weighted by Crippen LogP contribution is 2.30. The van der Waals surface area contributed by atoms with E-state index in [9.17, 15) is 4.39 Å². The van der Waals surface area contributed by atoms with Crippen LogP contribution in [0.5, 0.6) is 0 Å². The third kappa shape index (κ3) is 2.37. The molecule has 0 bridgehead atoms. The van der Waals surface area contributed by atoms with Gasteiger partial charge in [-0.15, -0.1) is 0 Å². The molecule has 1 atom stereocenters. The second kappa shape index (κ2) is 4.32. The Balaban J connectivity index is 2.20. The average Bonchev–Trinajstić information content (AvgIpc) is 2.20. The van der Waals surface area contributed by atoms with Gasteiger partial charge in [0.1, 0.15) is 5.82 Å². The molecular weight excluding hydrogens is 229 g/mol. The highest BCUT2D eigenvalue weighted by molar-refractivity contribution is 6.31. The predicted molar refractivity (Wildman–Crippen MR) is 62.2 cm³/mol. The maximum Gasteiger partial charge on any atom is 0.130 e.